The van der Waals surface area contributed by atoms with Crippen LogP contribution in [-0.2, 0) is 4.79 Å². The van der Waals surface area contributed by atoms with Gasteiger partial charge in [-0.15, -0.1) is 11.3 Å². The van der Waals surface area contributed by atoms with E-state index >= 15 is 0 Å². The molecular weight excluding hydrogens is 238 g/mol. The van der Waals surface area contributed by atoms with Gasteiger partial charge < -0.3 is 5.32 Å². The SMILES string of the molecule is CC1(C)CC12NC(=O)N(Nc1cccs1)C2=O. The minimum Gasteiger partial charge on any atom is -0.321 e. The molecule has 2 N–H and O–H groups in total. The van der Waals surface area contributed by atoms with Crippen LogP contribution in [0.3, 0.4) is 0 Å². The summed E-state index contributed by atoms with van der Waals surface area (Å²) in [5, 5.41) is 6.54. The van der Waals surface area contributed by atoms with Crippen molar-refractivity contribution in [2.75, 3.05) is 5.43 Å². The average Bonchev–Trinajstić information content (AvgIpc) is 2.66. The van der Waals surface area contributed by atoms with E-state index in [1.165, 1.54) is 11.3 Å². The first-order valence-corrected chi connectivity index (χ1v) is 6.31. The Labute approximate surface area is 103 Å². The first-order valence-electron chi connectivity index (χ1n) is 5.43. The predicted octanol–water partition coefficient (Wildman–Crippen LogP) is 1.80. The standard InChI is InChI=1S/C11H13N3O2S/c1-10(2)6-11(10)8(15)14(9(16)12-11)13-7-4-3-5-17-7/h3-5,13H,6H2,1-2H3,(H,12,16). The second-order valence-corrected chi connectivity index (χ2v) is 6.07. The van der Waals surface area contributed by atoms with Crippen molar-refractivity contribution < 1.29 is 9.59 Å². The van der Waals surface area contributed by atoms with Crippen molar-refractivity contribution in [1.82, 2.24) is 10.3 Å². The van der Waals surface area contributed by atoms with Crippen molar-refractivity contribution in [3.8, 4) is 0 Å². The molecule has 1 aliphatic carbocycles. The monoisotopic (exact) mass is 251 g/mol. The zero-order chi connectivity index (χ0) is 12.3. The molecule has 1 aliphatic heterocycles. The number of nitrogens with zero attached hydrogens (tertiary/aromatic N) is 1. The van der Waals surface area contributed by atoms with Gasteiger partial charge in [-0.05, 0) is 29.3 Å². The Kier molecular flexibility index (Phi) is 1.87. The summed E-state index contributed by atoms with van der Waals surface area (Å²) in [5.74, 6) is -0.180. The maximum atomic E-state index is 12.2. The highest BCUT2D eigenvalue weighted by Gasteiger charge is 2.72. The molecule has 2 heterocycles. The van der Waals surface area contributed by atoms with Gasteiger partial charge in [-0.1, -0.05) is 13.8 Å². The minimum absolute atomic E-state index is 0.147. The molecule has 0 radical (unpaired) electrons. The van der Waals surface area contributed by atoms with E-state index < -0.39 is 5.54 Å². The first kappa shape index (κ1) is 10.6. The number of carbonyl (C=O) groups is 2. The molecule has 90 valence electrons. The first-order chi connectivity index (χ1) is 7.96. The molecule has 5 nitrogen and oxygen atoms in total. The van der Waals surface area contributed by atoms with Crippen molar-refractivity contribution in [3.05, 3.63) is 17.5 Å². The molecule has 1 aromatic rings. The van der Waals surface area contributed by atoms with Gasteiger partial charge in [0, 0.05) is 0 Å². The number of amides is 3. The fraction of sp³-hybridized carbons (Fsp3) is 0.455. The van der Waals surface area contributed by atoms with Crippen molar-refractivity contribution in [3.63, 3.8) is 0 Å². The molecule has 3 rings (SSSR count). The zero-order valence-electron chi connectivity index (χ0n) is 9.61. The number of hydrogen-bond donors (Lipinski definition) is 2. The summed E-state index contributed by atoms with van der Waals surface area (Å²) in [6, 6.07) is 3.32. The molecule has 1 atom stereocenters. The quantitative estimate of drug-likeness (QED) is 0.788. The van der Waals surface area contributed by atoms with Crippen LogP contribution in [0.5, 0.6) is 0 Å². The van der Waals surface area contributed by atoms with Gasteiger partial charge in [-0.25, -0.2) is 4.79 Å². The summed E-state index contributed by atoms with van der Waals surface area (Å²) in [6.45, 7) is 3.97. The number of anilines is 1. The Morgan fingerprint density at radius 2 is 2.18 bits per heavy atom. The molecule has 2 fully saturated rings. The second-order valence-electron chi connectivity index (χ2n) is 5.13. The summed E-state index contributed by atoms with van der Waals surface area (Å²) >= 11 is 1.45. The molecule has 1 unspecified atom stereocenters. The third kappa shape index (κ3) is 1.30. The molecule has 2 aliphatic rings. The van der Waals surface area contributed by atoms with E-state index in [1.807, 2.05) is 31.4 Å². The van der Waals surface area contributed by atoms with Crippen LogP contribution in [0, 0.1) is 5.41 Å². The Morgan fingerprint density at radius 3 is 2.65 bits per heavy atom. The van der Waals surface area contributed by atoms with Crippen LogP contribution in [0.2, 0.25) is 0 Å². The number of hydrazine groups is 1. The highest BCUT2D eigenvalue weighted by molar-refractivity contribution is 7.14. The number of carbonyl (C=O) groups excluding carboxylic acids is 2. The number of imide groups is 1. The van der Waals surface area contributed by atoms with E-state index in [0.29, 0.717) is 6.42 Å². The molecule has 3 amide bonds. The van der Waals surface area contributed by atoms with Crippen molar-refractivity contribution >= 4 is 28.3 Å². The molecule has 1 saturated carbocycles. The number of urea groups is 1. The molecule has 6 heteroatoms. The van der Waals surface area contributed by atoms with Crippen LogP contribution >= 0.6 is 11.3 Å². The molecule has 1 spiro atoms. The number of thiophene rings is 1. The summed E-state index contributed by atoms with van der Waals surface area (Å²) in [5.41, 5.74) is 2.01. The van der Waals surface area contributed by atoms with Gasteiger partial charge in [-0.2, -0.15) is 5.01 Å². The van der Waals surface area contributed by atoms with Crippen molar-refractivity contribution in [2.45, 2.75) is 25.8 Å². The van der Waals surface area contributed by atoms with Crippen molar-refractivity contribution in [2.24, 2.45) is 5.41 Å². The lowest BCUT2D eigenvalue weighted by atomic mass is 10.1. The van der Waals surface area contributed by atoms with Gasteiger partial charge in [0.05, 0.1) is 0 Å². The Bertz CT molecular complexity index is 497. The van der Waals surface area contributed by atoms with Crippen LogP contribution in [-0.4, -0.2) is 22.5 Å². The van der Waals surface area contributed by atoms with E-state index in [-0.39, 0.29) is 17.4 Å². The maximum absolute atomic E-state index is 12.2. The fourth-order valence-corrected chi connectivity index (χ4v) is 2.93. The zero-order valence-corrected chi connectivity index (χ0v) is 10.4. The third-order valence-electron chi connectivity index (χ3n) is 3.57. The van der Waals surface area contributed by atoms with Crippen molar-refractivity contribution in [1.29, 1.82) is 0 Å². The summed E-state index contributed by atoms with van der Waals surface area (Å²) in [7, 11) is 0. The lowest BCUT2D eigenvalue weighted by Gasteiger charge is -2.14. The van der Waals surface area contributed by atoms with Crippen LogP contribution in [0.4, 0.5) is 9.80 Å². The number of hydrogen-bond acceptors (Lipinski definition) is 4. The number of nitrogens with one attached hydrogen (secondary N) is 2. The molecule has 1 aromatic heterocycles. The van der Waals surface area contributed by atoms with E-state index in [4.69, 9.17) is 0 Å². The van der Waals surface area contributed by atoms with E-state index in [9.17, 15) is 9.59 Å². The molecule has 0 aromatic carbocycles. The predicted molar refractivity (Wildman–Crippen MR) is 64.4 cm³/mol. The average molecular weight is 251 g/mol. The van der Waals surface area contributed by atoms with E-state index in [2.05, 4.69) is 10.7 Å². The van der Waals surface area contributed by atoms with Gasteiger partial charge >= 0.3 is 6.03 Å². The lowest BCUT2D eigenvalue weighted by Crippen LogP contribution is -2.38. The summed E-state index contributed by atoms with van der Waals surface area (Å²) < 4.78 is 0. The Balaban J connectivity index is 1.84. The van der Waals surface area contributed by atoms with Crippen LogP contribution < -0.4 is 10.7 Å². The Hall–Kier alpha value is -1.56. The molecule has 1 saturated heterocycles. The largest absolute Gasteiger partial charge is 0.344 e. The number of rotatable bonds is 2. The highest BCUT2D eigenvalue weighted by Crippen LogP contribution is 2.58. The van der Waals surface area contributed by atoms with Crippen LogP contribution in [0.25, 0.3) is 0 Å². The van der Waals surface area contributed by atoms with E-state index in [0.717, 1.165) is 10.0 Å². The molecular formula is C11H13N3O2S. The minimum atomic E-state index is -0.686. The van der Waals surface area contributed by atoms with E-state index in [1.54, 1.807) is 0 Å². The normalized spacial score (nSPS) is 29.6. The van der Waals surface area contributed by atoms with Gasteiger partial charge in [0.25, 0.3) is 5.91 Å². The second kappa shape index (κ2) is 3.01. The molecule has 0 bridgehead atoms. The maximum Gasteiger partial charge on any atom is 0.344 e. The van der Waals surface area contributed by atoms with Crippen LogP contribution in [0.15, 0.2) is 17.5 Å². The topological polar surface area (TPSA) is 61.4 Å². The third-order valence-corrected chi connectivity index (χ3v) is 4.35. The molecule has 17 heavy (non-hydrogen) atoms. The summed E-state index contributed by atoms with van der Waals surface area (Å²) in [6.07, 6.45) is 0.702. The van der Waals surface area contributed by atoms with Gasteiger partial charge in [0.2, 0.25) is 0 Å². The van der Waals surface area contributed by atoms with Gasteiger partial charge in [0.15, 0.2) is 0 Å². The Morgan fingerprint density at radius 1 is 1.47 bits per heavy atom. The lowest BCUT2D eigenvalue weighted by molar-refractivity contribution is -0.128. The highest BCUT2D eigenvalue weighted by atomic mass is 32.1. The smallest absolute Gasteiger partial charge is 0.321 e. The van der Waals surface area contributed by atoms with Gasteiger partial charge in [-0.3, -0.25) is 10.2 Å². The van der Waals surface area contributed by atoms with Gasteiger partial charge in [0.1, 0.15) is 10.5 Å². The summed E-state index contributed by atoms with van der Waals surface area (Å²) in [4.78, 5) is 24.0. The van der Waals surface area contributed by atoms with Crippen LogP contribution in [0.1, 0.15) is 20.3 Å². The fourth-order valence-electron chi connectivity index (χ4n) is 2.33.